The number of rotatable bonds is 5. The third-order valence-corrected chi connectivity index (χ3v) is 6.04. The first-order valence-electron chi connectivity index (χ1n) is 11.7. The Hall–Kier alpha value is -3.47. The Morgan fingerprint density at radius 1 is 1.03 bits per heavy atom. The van der Waals surface area contributed by atoms with E-state index in [-0.39, 0.29) is 34.5 Å². The predicted octanol–water partition coefficient (Wildman–Crippen LogP) is 2.33. The molecule has 11 nitrogen and oxygen atoms in total. The number of amides is 2. The Labute approximate surface area is 202 Å². The molecule has 35 heavy (non-hydrogen) atoms. The SMILES string of the molecule is Cc1noc2c1C(=O)c1oc(C(=O)NCCCN3CCN(C(=O)OC(C)(C)C)CC3)c(C)c1C2=O. The lowest BCUT2D eigenvalue weighted by Crippen LogP contribution is -2.50. The molecule has 0 radical (unpaired) electrons. The van der Waals surface area contributed by atoms with Gasteiger partial charge in [0.05, 0.1) is 11.3 Å². The number of aromatic nitrogens is 1. The lowest BCUT2D eigenvalue weighted by Gasteiger charge is -2.35. The number of piperazine rings is 1. The molecule has 0 unspecified atom stereocenters. The largest absolute Gasteiger partial charge is 0.446 e. The summed E-state index contributed by atoms with van der Waals surface area (Å²) in [5, 5.41) is 6.49. The van der Waals surface area contributed by atoms with Crippen LogP contribution in [-0.2, 0) is 4.74 Å². The van der Waals surface area contributed by atoms with Crippen molar-refractivity contribution in [3.8, 4) is 0 Å². The van der Waals surface area contributed by atoms with Crippen molar-refractivity contribution in [3.05, 3.63) is 39.7 Å². The van der Waals surface area contributed by atoms with E-state index in [9.17, 15) is 19.2 Å². The smallest absolute Gasteiger partial charge is 0.410 e. The van der Waals surface area contributed by atoms with Crippen LogP contribution in [-0.4, -0.2) is 83.4 Å². The van der Waals surface area contributed by atoms with E-state index in [0.717, 1.165) is 19.6 Å². The van der Waals surface area contributed by atoms with Gasteiger partial charge in [0.2, 0.25) is 17.3 Å². The summed E-state index contributed by atoms with van der Waals surface area (Å²) in [6.45, 7) is 12.4. The van der Waals surface area contributed by atoms with Crippen molar-refractivity contribution in [3.63, 3.8) is 0 Å². The summed E-state index contributed by atoms with van der Waals surface area (Å²) in [6, 6.07) is 0. The molecule has 2 amide bonds. The molecule has 1 aliphatic heterocycles. The molecule has 0 atom stereocenters. The molecule has 4 rings (SSSR count). The number of hydrogen-bond acceptors (Lipinski definition) is 9. The first kappa shape index (κ1) is 24.6. The maximum atomic E-state index is 12.8. The summed E-state index contributed by atoms with van der Waals surface area (Å²) in [5.74, 6) is -1.85. The Kier molecular flexibility index (Phi) is 6.54. The van der Waals surface area contributed by atoms with Crippen LogP contribution in [0, 0.1) is 13.8 Å². The Morgan fingerprint density at radius 2 is 1.69 bits per heavy atom. The number of furan rings is 1. The van der Waals surface area contributed by atoms with E-state index in [4.69, 9.17) is 13.7 Å². The fourth-order valence-electron chi connectivity index (χ4n) is 4.25. The van der Waals surface area contributed by atoms with Gasteiger partial charge < -0.3 is 23.9 Å². The van der Waals surface area contributed by atoms with E-state index in [2.05, 4.69) is 15.4 Å². The molecule has 2 aromatic rings. The third kappa shape index (κ3) is 4.86. The molecule has 1 aliphatic carbocycles. The minimum atomic E-state index is -0.518. The highest BCUT2D eigenvalue weighted by molar-refractivity contribution is 6.27. The van der Waals surface area contributed by atoms with Crippen molar-refractivity contribution < 1.29 is 32.9 Å². The zero-order valence-corrected chi connectivity index (χ0v) is 20.6. The molecule has 3 heterocycles. The van der Waals surface area contributed by atoms with Crippen molar-refractivity contribution >= 4 is 23.6 Å². The molecule has 1 N–H and O–H groups in total. The first-order chi connectivity index (χ1) is 16.5. The Bertz CT molecular complexity index is 1180. The molecule has 2 aromatic heterocycles. The second-order valence-corrected chi connectivity index (χ2v) is 9.81. The van der Waals surface area contributed by atoms with Gasteiger partial charge in [0.25, 0.3) is 5.91 Å². The van der Waals surface area contributed by atoms with Crippen LogP contribution in [0.2, 0.25) is 0 Å². The highest BCUT2D eigenvalue weighted by Crippen LogP contribution is 2.34. The second kappa shape index (κ2) is 9.29. The zero-order chi connectivity index (χ0) is 25.5. The van der Waals surface area contributed by atoms with Crippen LogP contribution in [0.4, 0.5) is 4.79 Å². The molecule has 0 aromatic carbocycles. The molecule has 11 heteroatoms. The van der Waals surface area contributed by atoms with E-state index in [1.807, 2.05) is 20.8 Å². The van der Waals surface area contributed by atoms with Gasteiger partial charge in [-0.2, -0.15) is 0 Å². The summed E-state index contributed by atoms with van der Waals surface area (Å²) in [5.41, 5.74) is 0.211. The molecular formula is C24H30N4O7. The Balaban J connectivity index is 1.27. The molecule has 188 valence electrons. The minimum Gasteiger partial charge on any atom is -0.446 e. The van der Waals surface area contributed by atoms with Crippen molar-refractivity contribution in [2.75, 3.05) is 39.3 Å². The summed E-state index contributed by atoms with van der Waals surface area (Å²) in [4.78, 5) is 54.4. The van der Waals surface area contributed by atoms with Gasteiger partial charge in [-0.1, -0.05) is 5.16 Å². The molecule has 1 fully saturated rings. The van der Waals surface area contributed by atoms with Gasteiger partial charge in [-0.25, -0.2) is 4.79 Å². The fourth-order valence-corrected chi connectivity index (χ4v) is 4.25. The van der Waals surface area contributed by atoms with Crippen LogP contribution >= 0.6 is 0 Å². The number of ketones is 2. The quantitative estimate of drug-likeness (QED) is 0.539. The molecular weight excluding hydrogens is 456 g/mol. The number of carbonyl (C=O) groups is 4. The number of fused-ring (bicyclic) bond motifs is 2. The standard InChI is InChI=1S/C24H30N4O7/c1-13-15-17(29)21-16(14(2)26-35-21)18(30)20(15)33-19(13)22(31)25-7-6-8-27-9-11-28(12-10-27)23(32)34-24(3,4)5/h6-12H2,1-5H3,(H,25,31). The number of hydrogen-bond donors (Lipinski definition) is 1. The fraction of sp³-hybridized carbons (Fsp3) is 0.542. The molecule has 0 saturated carbocycles. The molecule has 0 spiro atoms. The van der Waals surface area contributed by atoms with Crippen molar-refractivity contribution in [1.82, 2.24) is 20.3 Å². The topological polar surface area (TPSA) is 135 Å². The van der Waals surface area contributed by atoms with E-state index < -0.39 is 23.1 Å². The van der Waals surface area contributed by atoms with Crippen LogP contribution in [0.5, 0.6) is 0 Å². The number of aryl methyl sites for hydroxylation is 1. The second-order valence-electron chi connectivity index (χ2n) is 9.81. The predicted molar refractivity (Wildman–Crippen MR) is 123 cm³/mol. The van der Waals surface area contributed by atoms with Gasteiger partial charge in [0.1, 0.15) is 11.2 Å². The highest BCUT2D eigenvalue weighted by Gasteiger charge is 2.41. The van der Waals surface area contributed by atoms with Crippen molar-refractivity contribution in [1.29, 1.82) is 0 Å². The van der Waals surface area contributed by atoms with Crippen molar-refractivity contribution in [2.24, 2.45) is 0 Å². The van der Waals surface area contributed by atoms with Crippen LogP contribution in [0.1, 0.15) is 81.2 Å². The van der Waals surface area contributed by atoms with Gasteiger partial charge >= 0.3 is 6.09 Å². The molecule has 2 aliphatic rings. The number of ether oxygens (including phenoxy) is 1. The summed E-state index contributed by atoms with van der Waals surface area (Å²) < 4.78 is 16.0. The van der Waals surface area contributed by atoms with Gasteiger partial charge in [0, 0.05) is 38.3 Å². The van der Waals surface area contributed by atoms with E-state index in [1.165, 1.54) is 0 Å². The average Bonchev–Trinajstić information content (AvgIpc) is 3.35. The van der Waals surface area contributed by atoms with E-state index in [1.54, 1.807) is 18.7 Å². The number of nitrogens with one attached hydrogen (secondary N) is 1. The maximum Gasteiger partial charge on any atom is 0.410 e. The third-order valence-electron chi connectivity index (χ3n) is 6.04. The number of nitrogens with zero attached hydrogens (tertiary/aromatic N) is 3. The average molecular weight is 487 g/mol. The van der Waals surface area contributed by atoms with Crippen LogP contribution < -0.4 is 5.32 Å². The highest BCUT2D eigenvalue weighted by atomic mass is 16.6. The van der Waals surface area contributed by atoms with Gasteiger partial charge in [-0.05, 0) is 47.6 Å². The molecule has 0 bridgehead atoms. The lowest BCUT2D eigenvalue weighted by atomic mass is 9.90. The summed E-state index contributed by atoms with van der Waals surface area (Å²) >= 11 is 0. The normalized spacial score (nSPS) is 16.2. The first-order valence-corrected chi connectivity index (χ1v) is 11.7. The van der Waals surface area contributed by atoms with Crippen LogP contribution in [0.15, 0.2) is 8.94 Å². The number of carbonyl (C=O) groups excluding carboxylic acids is 4. The van der Waals surface area contributed by atoms with Gasteiger partial charge in [0.15, 0.2) is 11.5 Å². The maximum absolute atomic E-state index is 12.8. The van der Waals surface area contributed by atoms with Gasteiger partial charge in [-0.15, -0.1) is 0 Å². The summed E-state index contributed by atoms with van der Waals surface area (Å²) in [7, 11) is 0. The van der Waals surface area contributed by atoms with Crippen LogP contribution in [0.3, 0.4) is 0 Å². The zero-order valence-electron chi connectivity index (χ0n) is 20.6. The molecule has 1 saturated heterocycles. The van der Waals surface area contributed by atoms with Gasteiger partial charge in [-0.3, -0.25) is 19.3 Å². The lowest BCUT2D eigenvalue weighted by molar-refractivity contribution is 0.0144. The van der Waals surface area contributed by atoms with E-state index >= 15 is 0 Å². The van der Waals surface area contributed by atoms with Crippen molar-refractivity contribution in [2.45, 2.75) is 46.6 Å². The van der Waals surface area contributed by atoms with Crippen LogP contribution in [0.25, 0.3) is 0 Å². The summed E-state index contributed by atoms with van der Waals surface area (Å²) in [6.07, 6.45) is 0.391. The van der Waals surface area contributed by atoms with E-state index in [0.29, 0.717) is 37.3 Å². The monoisotopic (exact) mass is 486 g/mol. The Morgan fingerprint density at radius 3 is 2.34 bits per heavy atom. The minimum absolute atomic E-state index is 0.0478.